The van der Waals surface area contributed by atoms with Crippen LogP contribution >= 0.6 is 15.9 Å². The number of nitrogens with one attached hydrogen (secondary N) is 1. The molecule has 1 N–H and O–H groups in total. The summed E-state index contributed by atoms with van der Waals surface area (Å²) in [5, 5.41) is 2.79. The molecule has 1 atom stereocenters. The molecule has 2 rings (SSSR count). The van der Waals surface area contributed by atoms with Crippen molar-refractivity contribution < 1.29 is 9.53 Å². The van der Waals surface area contributed by atoms with Gasteiger partial charge in [-0.15, -0.1) is 0 Å². The van der Waals surface area contributed by atoms with Crippen molar-refractivity contribution in [1.82, 2.24) is 5.32 Å². The third-order valence-corrected chi connectivity index (χ3v) is 3.38. The van der Waals surface area contributed by atoms with Crippen LogP contribution in [0.5, 0.6) is 5.75 Å². The van der Waals surface area contributed by atoms with E-state index in [9.17, 15) is 4.79 Å². The summed E-state index contributed by atoms with van der Waals surface area (Å²) in [7, 11) is 0. The van der Waals surface area contributed by atoms with Gasteiger partial charge < -0.3 is 10.1 Å². The number of halogens is 1. The van der Waals surface area contributed by atoms with Crippen LogP contribution in [0.1, 0.15) is 18.5 Å². The lowest BCUT2D eigenvalue weighted by Crippen LogP contribution is -2.29. The Kier molecular flexibility index (Phi) is 4.58. The highest BCUT2D eigenvalue weighted by Gasteiger charge is 2.13. The summed E-state index contributed by atoms with van der Waals surface area (Å²) in [6.07, 6.45) is -0.463. The number of carbonyl (C=O) groups excluding carboxylic acids is 1. The molecule has 0 saturated heterocycles. The summed E-state index contributed by atoms with van der Waals surface area (Å²) >= 11 is 3.46. The van der Waals surface area contributed by atoms with E-state index in [1.54, 1.807) is 12.1 Å². The fourth-order valence-corrected chi connectivity index (χ4v) is 2.33. The van der Waals surface area contributed by atoms with Gasteiger partial charge in [-0.3, -0.25) is 0 Å². The van der Waals surface area contributed by atoms with Gasteiger partial charge >= 0.3 is 6.09 Å². The molecule has 0 aliphatic carbocycles. The zero-order chi connectivity index (χ0) is 13.7. The minimum atomic E-state index is -0.463. The van der Waals surface area contributed by atoms with E-state index < -0.39 is 6.09 Å². The second-order valence-electron chi connectivity index (χ2n) is 4.09. The molecule has 0 aromatic heterocycles. The van der Waals surface area contributed by atoms with Gasteiger partial charge in [0.05, 0.1) is 6.04 Å². The second kappa shape index (κ2) is 6.38. The SMILES string of the molecule is CC(NC(=O)Oc1ccccc1)c1ccccc1Br. The first-order valence-corrected chi connectivity index (χ1v) is 6.74. The summed E-state index contributed by atoms with van der Waals surface area (Å²) in [6.45, 7) is 1.91. The predicted molar refractivity (Wildman–Crippen MR) is 78.2 cm³/mol. The Labute approximate surface area is 120 Å². The highest BCUT2D eigenvalue weighted by atomic mass is 79.9. The zero-order valence-corrected chi connectivity index (χ0v) is 12.1. The fraction of sp³-hybridized carbons (Fsp3) is 0.133. The van der Waals surface area contributed by atoms with Gasteiger partial charge in [-0.2, -0.15) is 0 Å². The lowest BCUT2D eigenvalue weighted by molar-refractivity contribution is 0.197. The van der Waals surface area contributed by atoms with Crippen molar-refractivity contribution in [3.8, 4) is 5.75 Å². The van der Waals surface area contributed by atoms with E-state index in [4.69, 9.17) is 4.74 Å². The highest BCUT2D eigenvalue weighted by molar-refractivity contribution is 9.10. The third-order valence-electron chi connectivity index (χ3n) is 2.66. The molecule has 0 fully saturated rings. The molecular formula is C15H14BrNO2. The van der Waals surface area contributed by atoms with Crippen LogP contribution in [0.3, 0.4) is 0 Å². The Hall–Kier alpha value is -1.81. The van der Waals surface area contributed by atoms with E-state index >= 15 is 0 Å². The topological polar surface area (TPSA) is 38.3 Å². The van der Waals surface area contributed by atoms with Gasteiger partial charge in [0.1, 0.15) is 5.75 Å². The van der Waals surface area contributed by atoms with E-state index in [1.807, 2.05) is 49.4 Å². The van der Waals surface area contributed by atoms with Crippen molar-refractivity contribution in [1.29, 1.82) is 0 Å². The number of ether oxygens (including phenoxy) is 1. The van der Waals surface area contributed by atoms with Crippen LogP contribution in [0.4, 0.5) is 4.79 Å². The smallest absolute Gasteiger partial charge is 0.410 e. The Balaban J connectivity index is 1.98. The first-order valence-electron chi connectivity index (χ1n) is 5.94. The maximum absolute atomic E-state index is 11.8. The van der Waals surface area contributed by atoms with E-state index in [-0.39, 0.29) is 6.04 Å². The number of hydrogen-bond acceptors (Lipinski definition) is 2. The molecule has 1 amide bonds. The molecular weight excluding hydrogens is 306 g/mol. The Morgan fingerprint density at radius 1 is 1.11 bits per heavy atom. The first kappa shape index (κ1) is 13.6. The maximum atomic E-state index is 11.8. The predicted octanol–water partition coefficient (Wildman–Crippen LogP) is 4.30. The van der Waals surface area contributed by atoms with Crippen LogP contribution in [-0.2, 0) is 0 Å². The Morgan fingerprint density at radius 2 is 1.74 bits per heavy atom. The lowest BCUT2D eigenvalue weighted by Gasteiger charge is -2.15. The minimum Gasteiger partial charge on any atom is -0.410 e. The molecule has 2 aromatic carbocycles. The van der Waals surface area contributed by atoms with Gasteiger partial charge in [-0.05, 0) is 30.7 Å². The van der Waals surface area contributed by atoms with Crippen molar-refractivity contribution in [2.24, 2.45) is 0 Å². The summed E-state index contributed by atoms with van der Waals surface area (Å²) in [5.74, 6) is 0.527. The van der Waals surface area contributed by atoms with E-state index in [2.05, 4.69) is 21.2 Å². The van der Waals surface area contributed by atoms with Crippen molar-refractivity contribution in [3.05, 3.63) is 64.6 Å². The standard InChI is InChI=1S/C15H14BrNO2/c1-11(13-9-5-6-10-14(13)16)17-15(18)19-12-7-3-2-4-8-12/h2-11H,1H3,(H,17,18). The van der Waals surface area contributed by atoms with Crippen molar-refractivity contribution >= 4 is 22.0 Å². The minimum absolute atomic E-state index is 0.133. The van der Waals surface area contributed by atoms with Crippen LogP contribution in [0.2, 0.25) is 0 Å². The molecule has 4 heteroatoms. The van der Waals surface area contributed by atoms with Crippen LogP contribution < -0.4 is 10.1 Å². The zero-order valence-electron chi connectivity index (χ0n) is 10.5. The van der Waals surface area contributed by atoms with Crippen LogP contribution in [0, 0.1) is 0 Å². The number of amides is 1. The van der Waals surface area contributed by atoms with Gasteiger partial charge in [-0.25, -0.2) is 4.79 Å². The summed E-state index contributed by atoms with van der Waals surface area (Å²) in [4.78, 5) is 11.8. The highest BCUT2D eigenvalue weighted by Crippen LogP contribution is 2.22. The monoisotopic (exact) mass is 319 g/mol. The molecule has 0 bridgehead atoms. The molecule has 1 unspecified atom stereocenters. The summed E-state index contributed by atoms with van der Waals surface area (Å²) < 4.78 is 6.14. The van der Waals surface area contributed by atoms with Gasteiger partial charge in [0, 0.05) is 4.47 Å². The van der Waals surface area contributed by atoms with Crippen molar-refractivity contribution in [2.45, 2.75) is 13.0 Å². The Bertz CT molecular complexity index is 557. The summed E-state index contributed by atoms with van der Waals surface area (Å²) in [5.41, 5.74) is 1.01. The van der Waals surface area contributed by atoms with Crippen LogP contribution in [0.15, 0.2) is 59.1 Å². The number of benzene rings is 2. The van der Waals surface area contributed by atoms with Gasteiger partial charge in [0.2, 0.25) is 0 Å². The lowest BCUT2D eigenvalue weighted by atomic mass is 10.1. The van der Waals surface area contributed by atoms with Crippen molar-refractivity contribution in [3.63, 3.8) is 0 Å². The fourth-order valence-electron chi connectivity index (χ4n) is 1.71. The average molecular weight is 320 g/mol. The molecule has 0 aliphatic rings. The van der Waals surface area contributed by atoms with Gasteiger partial charge in [-0.1, -0.05) is 52.3 Å². The van der Waals surface area contributed by atoms with Gasteiger partial charge in [0.15, 0.2) is 0 Å². The average Bonchev–Trinajstić information content (AvgIpc) is 2.40. The van der Waals surface area contributed by atoms with Gasteiger partial charge in [0.25, 0.3) is 0 Å². The molecule has 2 aromatic rings. The summed E-state index contributed by atoms with van der Waals surface area (Å²) in [6, 6.07) is 16.6. The number of para-hydroxylation sites is 1. The third kappa shape index (κ3) is 3.83. The molecule has 0 heterocycles. The molecule has 98 valence electrons. The molecule has 0 spiro atoms. The quantitative estimate of drug-likeness (QED) is 0.916. The Morgan fingerprint density at radius 3 is 2.42 bits per heavy atom. The number of carbonyl (C=O) groups is 1. The second-order valence-corrected chi connectivity index (χ2v) is 4.94. The molecule has 0 aliphatic heterocycles. The van der Waals surface area contributed by atoms with E-state index in [0.717, 1.165) is 10.0 Å². The van der Waals surface area contributed by atoms with Crippen LogP contribution in [-0.4, -0.2) is 6.09 Å². The van der Waals surface area contributed by atoms with E-state index in [1.165, 1.54) is 0 Å². The molecule has 3 nitrogen and oxygen atoms in total. The molecule has 0 saturated carbocycles. The first-order chi connectivity index (χ1) is 9.16. The maximum Gasteiger partial charge on any atom is 0.413 e. The number of hydrogen-bond donors (Lipinski definition) is 1. The molecule has 0 radical (unpaired) electrons. The largest absolute Gasteiger partial charge is 0.413 e. The normalized spacial score (nSPS) is 11.7. The van der Waals surface area contributed by atoms with Crippen molar-refractivity contribution in [2.75, 3.05) is 0 Å². The van der Waals surface area contributed by atoms with E-state index in [0.29, 0.717) is 5.75 Å². The number of rotatable bonds is 3. The van der Waals surface area contributed by atoms with Crippen LogP contribution in [0.25, 0.3) is 0 Å². The molecule has 19 heavy (non-hydrogen) atoms.